The van der Waals surface area contributed by atoms with E-state index in [1.165, 1.54) is 18.2 Å². The molecule has 1 rings (SSSR count). The number of ketones is 1. The number of halogens is 4. The van der Waals surface area contributed by atoms with E-state index in [4.69, 9.17) is 0 Å². The molecule has 1 aromatic carbocycles. The Kier molecular flexibility index (Phi) is 4.86. The minimum absolute atomic E-state index is 0.0961. The van der Waals surface area contributed by atoms with E-state index in [0.717, 1.165) is 0 Å². The minimum Gasteiger partial charge on any atom is -0.294 e. The van der Waals surface area contributed by atoms with E-state index < -0.39 is 6.43 Å². The maximum absolute atomic E-state index is 12.6. The molecule has 0 aliphatic carbocycles. The van der Waals surface area contributed by atoms with Crippen molar-refractivity contribution in [1.29, 1.82) is 0 Å². The lowest BCUT2D eigenvalue weighted by atomic mass is 10.0. The summed E-state index contributed by atoms with van der Waals surface area (Å²) in [6.07, 6.45) is -2.40. The fourth-order valence-corrected chi connectivity index (χ4v) is 1.90. The molecule has 0 heterocycles. The fraction of sp³-hybridized carbons (Fsp3) is 0.300. The highest BCUT2D eigenvalue weighted by Crippen LogP contribution is 2.26. The molecular weight excluding hydrogens is 334 g/mol. The molecular formula is C10H8Br2F2O. The van der Waals surface area contributed by atoms with E-state index in [2.05, 4.69) is 31.9 Å². The van der Waals surface area contributed by atoms with Crippen LogP contribution in [0.1, 0.15) is 28.8 Å². The third-order valence-corrected chi connectivity index (χ3v) is 2.76. The van der Waals surface area contributed by atoms with Gasteiger partial charge in [0.25, 0.3) is 6.43 Å². The summed E-state index contributed by atoms with van der Waals surface area (Å²) in [6, 6.07) is 4.22. The van der Waals surface area contributed by atoms with Gasteiger partial charge in [0.15, 0.2) is 5.78 Å². The van der Waals surface area contributed by atoms with E-state index in [1.807, 2.05) is 0 Å². The number of hydrogen-bond donors (Lipinski definition) is 0. The molecule has 0 N–H and O–H groups in total. The molecule has 0 fully saturated rings. The van der Waals surface area contributed by atoms with Crippen molar-refractivity contribution in [2.45, 2.75) is 12.8 Å². The normalized spacial score (nSPS) is 10.7. The minimum atomic E-state index is -2.62. The molecule has 0 atom stereocenters. The molecule has 1 nitrogen and oxygen atoms in total. The Morgan fingerprint density at radius 3 is 2.60 bits per heavy atom. The Morgan fingerprint density at radius 2 is 2.07 bits per heavy atom. The van der Waals surface area contributed by atoms with Gasteiger partial charge in [0.1, 0.15) is 0 Å². The van der Waals surface area contributed by atoms with Crippen molar-refractivity contribution < 1.29 is 13.6 Å². The first-order valence-corrected chi connectivity index (χ1v) is 6.14. The molecule has 0 saturated heterocycles. The van der Waals surface area contributed by atoms with Crippen LogP contribution in [0.15, 0.2) is 22.7 Å². The van der Waals surface area contributed by atoms with Gasteiger partial charge in [0, 0.05) is 27.4 Å². The molecule has 0 radical (unpaired) electrons. The highest BCUT2D eigenvalue weighted by Gasteiger charge is 2.17. The van der Waals surface area contributed by atoms with E-state index in [0.29, 0.717) is 9.80 Å². The lowest BCUT2D eigenvalue weighted by Crippen LogP contribution is -2.04. The van der Waals surface area contributed by atoms with Crippen LogP contribution >= 0.6 is 31.9 Å². The summed E-state index contributed by atoms with van der Waals surface area (Å²) in [5.74, 6) is -0.275. The summed E-state index contributed by atoms with van der Waals surface area (Å²) in [5.41, 5.74) is -0.108. The monoisotopic (exact) mass is 340 g/mol. The van der Waals surface area contributed by atoms with Crippen molar-refractivity contribution in [3.05, 3.63) is 33.8 Å². The van der Waals surface area contributed by atoms with Crippen molar-refractivity contribution in [2.75, 3.05) is 5.33 Å². The smallest absolute Gasteiger partial charge is 0.264 e. The van der Waals surface area contributed by atoms with Crippen LogP contribution in [0.25, 0.3) is 0 Å². The van der Waals surface area contributed by atoms with Crippen molar-refractivity contribution >= 4 is 37.6 Å². The van der Waals surface area contributed by atoms with Crippen LogP contribution in [0.2, 0.25) is 0 Å². The zero-order valence-electron chi connectivity index (χ0n) is 7.64. The SMILES string of the molecule is O=C(CCBr)c1cc(Br)ccc1C(F)F. The van der Waals surface area contributed by atoms with Crippen molar-refractivity contribution in [1.82, 2.24) is 0 Å². The van der Waals surface area contributed by atoms with Crippen molar-refractivity contribution in [3.63, 3.8) is 0 Å². The number of carbonyl (C=O) groups is 1. The van der Waals surface area contributed by atoms with Crippen molar-refractivity contribution in [3.8, 4) is 0 Å². The first-order chi connectivity index (χ1) is 7.06. The average molecular weight is 342 g/mol. The molecule has 0 aliphatic rings. The summed E-state index contributed by atoms with van der Waals surface area (Å²) in [4.78, 5) is 11.5. The van der Waals surface area contributed by atoms with Crippen LogP contribution in [0.3, 0.4) is 0 Å². The molecule has 82 valence electrons. The van der Waals surface area contributed by atoms with Gasteiger partial charge in [0.2, 0.25) is 0 Å². The van der Waals surface area contributed by atoms with E-state index in [1.54, 1.807) is 0 Å². The van der Waals surface area contributed by atoms with Gasteiger partial charge in [-0.05, 0) is 12.1 Å². The van der Waals surface area contributed by atoms with Gasteiger partial charge in [-0.1, -0.05) is 37.9 Å². The lowest BCUT2D eigenvalue weighted by Gasteiger charge is -2.07. The molecule has 0 aliphatic heterocycles. The Morgan fingerprint density at radius 1 is 1.40 bits per heavy atom. The average Bonchev–Trinajstić information content (AvgIpc) is 2.17. The molecule has 0 bridgehead atoms. The molecule has 15 heavy (non-hydrogen) atoms. The zero-order valence-corrected chi connectivity index (χ0v) is 10.8. The quantitative estimate of drug-likeness (QED) is 0.587. The van der Waals surface area contributed by atoms with E-state index in [-0.39, 0.29) is 23.3 Å². The summed E-state index contributed by atoms with van der Waals surface area (Å²) < 4.78 is 25.8. The molecule has 0 amide bonds. The predicted octanol–water partition coefficient (Wildman–Crippen LogP) is 4.35. The van der Waals surface area contributed by atoms with Gasteiger partial charge >= 0.3 is 0 Å². The number of Topliss-reactive ketones (excluding diaryl/α,β-unsaturated/α-hetero) is 1. The number of alkyl halides is 3. The standard InChI is InChI=1S/C10H8Br2F2O/c11-4-3-9(15)8-5-6(12)1-2-7(8)10(13)14/h1-2,5,10H,3-4H2. The summed E-state index contributed by atoms with van der Waals surface area (Å²) in [5, 5.41) is 0.473. The van der Waals surface area contributed by atoms with Crippen molar-refractivity contribution in [2.24, 2.45) is 0 Å². The fourth-order valence-electron chi connectivity index (χ4n) is 1.18. The van der Waals surface area contributed by atoms with Gasteiger partial charge in [-0.3, -0.25) is 4.79 Å². The van der Waals surface area contributed by atoms with Crippen LogP contribution in [0.4, 0.5) is 8.78 Å². The topological polar surface area (TPSA) is 17.1 Å². The predicted molar refractivity (Wildman–Crippen MR) is 61.8 cm³/mol. The third-order valence-electron chi connectivity index (χ3n) is 1.87. The number of carbonyl (C=O) groups excluding carboxylic acids is 1. The molecule has 0 saturated carbocycles. The van der Waals surface area contributed by atoms with Crippen LogP contribution in [0.5, 0.6) is 0 Å². The van der Waals surface area contributed by atoms with Gasteiger partial charge in [-0.2, -0.15) is 0 Å². The first kappa shape index (κ1) is 12.8. The second-order valence-electron chi connectivity index (χ2n) is 2.89. The molecule has 0 aromatic heterocycles. The van der Waals surface area contributed by atoms with Gasteiger partial charge in [-0.25, -0.2) is 8.78 Å². The second kappa shape index (κ2) is 5.70. The Hall–Kier alpha value is -0.290. The van der Waals surface area contributed by atoms with Crippen LogP contribution < -0.4 is 0 Å². The summed E-state index contributed by atoms with van der Waals surface area (Å²) in [7, 11) is 0. The lowest BCUT2D eigenvalue weighted by molar-refractivity contribution is 0.0976. The molecule has 0 unspecified atom stereocenters. The van der Waals surface area contributed by atoms with Gasteiger partial charge in [0.05, 0.1) is 0 Å². The Bertz CT molecular complexity index is 366. The zero-order chi connectivity index (χ0) is 11.4. The summed E-state index contributed by atoms with van der Waals surface area (Å²) in [6.45, 7) is 0. The molecule has 1 aromatic rings. The van der Waals surface area contributed by atoms with E-state index in [9.17, 15) is 13.6 Å². The number of benzene rings is 1. The van der Waals surface area contributed by atoms with Crippen LogP contribution in [0, 0.1) is 0 Å². The maximum Gasteiger partial charge on any atom is 0.264 e. The number of hydrogen-bond acceptors (Lipinski definition) is 1. The first-order valence-electron chi connectivity index (χ1n) is 4.23. The van der Waals surface area contributed by atoms with Gasteiger partial charge in [-0.15, -0.1) is 0 Å². The Balaban J connectivity index is 3.12. The highest BCUT2D eigenvalue weighted by molar-refractivity contribution is 9.10. The van der Waals surface area contributed by atoms with E-state index >= 15 is 0 Å². The Labute approximate surface area is 103 Å². The third kappa shape index (κ3) is 3.34. The van der Waals surface area contributed by atoms with Crippen LogP contribution in [-0.4, -0.2) is 11.1 Å². The van der Waals surface area contributed by atoms with Gasteiger partial charge < -0.3 is 0 Å². The molecule has 0 spiro atoms. The van der Waals surface area contributed by atoms with Crippen LogP contribution in [-0.2, 0) is 0 Å². The maximum atomic E-state index is 12.6. The number of rotatable bonds is 4. The second-order valence-corrected chi connectivity index (χ2v) is 4.60. The summed E-state index contributed by atoms with van der Waals surface area (Å²) >= 11 is 6.26. The molecule has 5 heteroatoms. The highest BCUT2D eigenvalue weighted by atomic mass is 79.9. The largest absolute Gasteiger partial charge is 0.294 e.